The molecule has 2 aliphatic heterocycles. The molecule has 0 radical (unpaired) electrons. The van der Waals surface area contributed by atoms with Gasteiger partial charge >= 0.3 is 0 Å². The lowest BCUT2D eigenvalue weighted by Crippen LogP contribution is -2.63. The van der Waals surface area contributed by atoms with Crippen molar-refractivity contribution in [3.05, 3.63) is 0 Å². The van der Waals surface area contributed by atoms with E-state index >= 15 is 0 Å². The molecule has 0 aromatic heterocycles. The zero-order chi connectivity index (χ0) is 38.8. The summed E-state index contributed by atoms with van der Waals surface area (Å²) in [7, 11) is 0. The molecule has 0 bridgehead atoms. The SMILES string of the molecule is C[C@H](CC[C@@H](O)C(C)(C)O)[C@@H]1[C@H](O)C[C@@]2(C)[C@@H]3C[C@H](O)[C@@H]4C(C)(C)[C@@H](O[C@@H]5OC[C@@H](O)[C@H](O)[C@@H]5O[C@@H]5OC[C@H](O)[C@H](O)[C@@H]5O)CC[C@@]45C[C@@]35CC[C@]12C. The van der Waals surface area contributed by atoms with Gasteiger partial charge in [0.25, 0.3) is 0 Å². The first kappa shape index (κ1) is 40.7. The van der Waals surface area contributed by atoms with Crippen LogP contribution >= 0.6 is 0 Å². The van der Waals surface area contributed by atoms with E-state index in [-0.39, 0.29) is 58.5 Å². The smallest absolute Gasteiger partial charge is 0.186 e. The van der Waals surface area contributed by atoms with Gasteiger partial charge in [0, 0.05) is 0 Å². The van der Waals surface area contributed by atoms with Gasteiger partial charge in [-0.3, -0.25) is 0 Å². The molecule has 2 heterocycles. The van der Waals surface area contributed by atoms with E-state index in [2.05, 4.69) is 34.6 Å². The van der Waals surface area contributed by atoms with Crippen molar-refractivity contribution in [1.29, 1.82) is 0 Å². The van der Waals surface area contributed by atoms with Crippen molar-refractivity contribution in [2.45, 2.75) is 185 Å². The Labute approximate surface area is 314 Å². The summed E-state index contributed by atoms with van der Waals surface area (Å²) < 4.78 is 24.0. The fraction of sp³-hybridized carbons (Fsp3) is 1.00. The van der Waals surface area contributed by atoms with Crippen LogP contribution in [0.1, 0.15) is 106 Å². The van der Waals surface area contributed by atoms with Gasteiger partial charge in [0.15, 0.2) is 12.6 Å². The summed E-state index contributed by atoms with van der Waals surface area (Å²) in [6.07, 6.45) is -6.14. The number of aliphatic hydroxyl groups excluding tert-OH is 8. The second kappa shape index (κ2) is 13.5. The van der Waals surface area contributed by atoms with Gasteiger partial charge in [0.1, 0.15) is 36.6 Å². The Bertz CT molecular complexity index is 1340. The number of hydrogen-bond acceptors (Lipinski definition) is 13. The highest BCUT2D eigenvalue weighted by Crippen LogP contribution is 2.89. The van der Waals surface area contributed by atoms with Crippen LogP contribution in [0, 0.1) is 50.7 Å². The van der Waals surface area contributed by atoms with Crippen molar-refractivity contribution < 1.29 is 64.9 Å². The number of fused-ring (bicyclic) bond motifs is 2. The van der Waals surface area contributed by atoms with E-state index in [1.165, 1.54) is 0 Å². The minimum Gasteiger partial charge on any atom is -0.393 e. The maximum atomic E-state index is 12.3. The van der Waals surface area contributed by atoms with Crippen molar-refractivity contribution >= 4 is 0 Å². The lowest BCUT2D eigenvalue weighted by Gasteiger charge is -2.64. The highest BCUT2D eigenvalue weighted by Gasteiger charge is 2.84. The molecular formula is C40H68O13. The molecule has 20 atom stereocenters. The predicted octanol–water partition coefficient (Wildman–Crippen LogP) is 1.20. The van der Waals surface area contributed by atoms with Crippen LogP contribution in [-0.2, 0) is 18.9 Å². The van der Waals surface area contributed by atoms with E-state index in [0.29, 0.717) is 32.1 Å². The third-order valence-electron chi connectivity index (χ3n) is 16.9. The fourth-order valence-corrected chi connectivity index (χ4v) is 13.9. The molecule has 9 N–H and O–H groups in total. The number of ether oxygens (including phenoxy) is 4. The second-order valence-corrected chi connectivity index (χ2v) is 20.3. The van der Waals surface area contributed by atoms with E-state index in [1.54, 1.807) is 13.8 Å². The molecule has 0 aromatic rings. The Morgan fingerprint density at radius 3 is 2.04 bits per heavy atom. The minimum absolute atomic E-state index is 0.0511. The van der Waals surface area contributed by atoms with Crippen LogP contribution in [0.5, 0.6) is 0 Å². The van der Waals surface area contributed by atoms with Gasteiger partial charge < -0.3 is 64.9 Å². The van der Waals surface area contributed by atoms with Gasteiger partial charge in [-0.1, -0.05) is 34.6 Å². The summed E-state index contributed by atoms with van der Waals surface area (Å²) in [6.45, 7) is 14.0. The van der Waals surface area contributed by atoms with Crippen LogP contribution in [0.2, 0.25) is 0 Å². The summed E-state index contributed by atoms with van der Waals surface area (Å²) in [5, 5.41) is 97.2. The normalized spacial score (nSPS) is 54.6. The van der Waals surface area contributed by atoms with Gasteiger partial charge in [-0.15, -0.1) is 0 Å². The molecule has 5 aliphatic carbocycles. The lowest BCUT2D eigenvalue weighted by atomic mass is 9.41. The van der Waals surface area contributed by atoms with Gasteiger partial charge in [0.05, 0.1) is 43.2 Å². The second-order valence-electron chi connectivity index (χ2n) is 20.3. The van der Waals surface area contributed by atoms with Crippen molar-refractivity contribution in [2.24, 2.45) is 50.7 Å². The summed E-state index contributed by atoms with van der Waals surface area (Å²) in [4.78, 5) is 0. The third kappa shape index (κ3) is 6.04. The van der Waals surface area contributed by atoms with Gasteiger partial charge in [-0.05, 0) is 122 Å². The highest BCUT2D eigenvalue weighted by atomic mass is 16.7. The van der Waals surface area contributed by atoms with Crippen LogP contribution in [0.4, 0.5) is 0 Å². The van der Waals surface area contributed by atoms with E-state index in [4.69, 9.17) is 18.9 Å². The molecule has 0 amide bonds. The quantitative estimate of drug-likeness (QED) is 0.151. The third-order valence-corrected chi connectivity index (χ3v) is 16.9. The molecule has 13 heteroatoms. The van der Waals surface area contributed by atoms with Crippen molar-refractivity contribution in [3.63, 3.8) is 0 Å². The fourth-order valence-electron chi connectivity index (χ4n) is 13.9. The van der Waals surface area contributed by atoms with E-state index in [9.17, 15) is 46.0 Å². The van der Waals surface area contributed by atoms with Crippen LogP contribution in [0.3, 0.4) is 0 Å². The molecule has 7 aliphatic rings. The Morgan fingerprint density at radius 1 is 0.736 bits per heavy atom. The Morgan fingerprint density at radius 2 is 1.38 bits per heavy atom. The number of hydrogen-bond donors (Lipinski definition) is 9. The molecule has 2 saturated heterocycles. The first-order valence-corrected chi connectivity index (χ1v) is 20.3. The van der Waals surface area contributed by atoms with Gasteiger partial charge in [-0.25, -0.2) is 0 Å². The first-order valence-electron chi connectivity index (χ1n) is 20.3. The summed E-state index contributed by atoms with van der Waals surface area (Å²) >= 11 is 0. The largest absolute Gasteiger partial charge is 0.393 e. The molecule has 2 spiro atoms. The van der Waals surface area contributed by atoms with E-state index < -0.39 is 84.6 Å². The number of aliphatic hydroxyl groups is 9. The van der Waals surface area contributed by atoms with Crippen LogP contribution in [0.15, 0.2) is 0 Å². The molecule has 5 saturated carbocycles. The topological polar surface area (TPSA) is 219 Å². The maximum Gasteiger partial charge on any atom is 0.186 e. The molecular weight excluding hydrogens is 688 g/mol. The average Bonchev–Trinajstić information content (AvgIpc) is 3.66. The highest BCUT2D eigenvalue weighted by molar-refractivity contribution is 5.32. The van der Waals surface area contributed by atoms with Crippen LogP contribution < -0.4 is 0 Å². The van der Waals surface area contributed by atoms with Crippen molar-refractivity contribution in [3.8, 4) is 0 Å². The Balaban J connectivity index is 1.09. The Hall–Kier alpha value is -0.520. The zero-order valence-corrected chi connectivity index (χ0v) is 32.7. The maximum absolute atomic E-state index is 12.3. The van der Waals surface area contributed by atoms with Gasteiger partial charge in [-0.2, -0.15) is 0 Å². The molecule has 13 nitrogen and oxygen atoms in total. The Kier molecular flexibility index (Phi) is 10.4. The molecule has 0 unspecified atom stereocenters. The molecule has 306 valence electrons. The monoisotopic (exact) mass is 756 g/mol. The average molecular weight is 757 g/mol. The number of rotatable bonds is 9. The summed E-state index contributed by atoms with van der Waals surface area (Å²) in [6, 6.07) is 0. The predicted molar refractivity (Wildman–Crippen MR) is 190 cm³/mol. The molecule has 7 rings (SSSR count). The van der Waals surface area contributed by atoms with Crippen LogP contribution in [0.25, 0.3) is 0 Å². The molecule has 53 heavy (non-hydrogen) atoms. The van der Waals surface area contributed by atoms with Crippen molar-refractivity contribution in [1.82, 2.24) is 0 Å². The zero-order valence-electron chi connectivity index (χ0n) is 32.7. The van der Waals surface area contributed by atoms with Gasteiger partial charge in [0.2, 0.25) is 0 Å². The summed E-state index contributed by atoms with van der Waals surface area (Å²) in [5.41, 5.74) is -2.05. The van der Waals surface area contributed by atoms with E-state index in [0.717, 1.165) is 25.7 Å². The standard InChI is InChI=1S/C40H68O13/c1-19(8-9-25(45)36(4,5)49)27-21(42)15-38(7)24-14-20(41)32-35(2,3)26(10-11-40(32)18-39(24,40)13-12-37(27,38)6)52-34-31(29(47)23(44)17-51-34)53-33-30(48)28(46)22(43)16-50-33/h19-34,41-49H,8-18H2,1-7H3/t19-,20+,21-,22+,23-,24+,25-,26+,27-,28+,29+,30+,31+,32-,33+,34+,37-,38+,39+,40-/m1/s1. The summed E-state index contributed by atoms with van der Waals surface area (Å²) in [5.74, 6) is 0.384. The minimum atomic E-state index is -1.60. The first-order chi connectivity index (χ1) is 24.6. The lowest BCUT2D eigenvalue weighted by molar-refractivity contribution is -0.356. The van der Waals surface area contributed by atoms with Crippen molar-refractivity contribution in [2.75, 3.05) is 13.2 Å². The van der Waals surface area contributed by atoms with E-state index in [1.807, 2.05) is 0 Å². The van der Waals surface area contributed by atoms with Crippen LogP contribution in [-0.4, -0.2) is 138 Å². The molecule has 7 fully saturated rings. The molecule has 0 aromatic carbocycles.